The summed E-state index contributed by atoms with van der Waals surface area (Å²) in [4.78, 5) is 38.0. The quantitative estimate of drug-likeness (QED) is 0.127. The lowest BCUT2D eigenvalue weighted by atomic mass is 10.0. The molecule has 0 amide bonds. The Hall–Kier alpha value is -14.6. The van der Waals surface area contributed by atoms with Crippen LogP contribution in [0.25, 0.3) is 229 Å². The molecule has 0 unspecified atom stereocenters. The summed E-state index contributed by atoms with van der Waals surface area (Å²) < 4.78 is 19.4. The summed E-state index contributed by atoms with van der Waals surface area (Å²) in [7, 11) is 0. The number of pyridine rings is 2. The van der Waals surface area contributed by atoms with Crippen LogP contribution in [0.2, 0.25) is 0 Å². The molecule has 26 rings (SSSR count). The Morgan fingerprint density at radius 2 is 0.488 bits per heavy atom. The van der Waals surface area contributed by atoms with Gasteiger partial charge in [0.2, 0.25) is 0 Å². The minimum absolute atomic E-state index is 0.665. The number of rotatable bonds is 11. The van der Waals surface area contributed by atoms with Crippen LogP contribution in [-0.4, -0.2) is 48.6 Å². The summed E-state index contributed by atoms with van der Waals surface area (Å²) in [6.07, 6.45) is 3.62. The summed E-state index contributed by atoms with van der Waals surface area (Å²) >= 11 is 11.3. The third-order valence-corrected chi connectivity index (χ3v) is 30.4. The fourth-order valence-electron chi connectivity index (χ4n) is 17.1. The van der Waals surface area contributed by atoms with Crippen molar-refractivity contribution in [3.63, 3.8) is 0 Å². The molecular formula is C107H64N10S6. The molecule has 10 nitrogen and oxygen atoms in total. The summed E-state index contributed by atoms with van der Waals surface area (Å²) in [5, 5.41) is 11.7. The molecule has 0 aliphatic carbocycles. The summed E-state index contributed by atoms with van der Waals surface area (Å²) in [6.45, 7) is 0. The van der Waals surface area contributed by atoms with Crippen molar-refractivity contribution in [1.29, 1.82) is 0 Å². The normalized spacial score (nSPS) is 11.7. The zero-order valence-corrected chi connectivity index (χ0v) is 70.3. The molecule has 0 atom stereocenters. The van der Waals surface area contributed by atoms with Gasteiger partial charge in [-0.15, -0.1) is 68.0 Å². The molecule has 0 aliphatic heterocycles. The van der Waals surface area contributed by atoms with Gasteiger partial charge in [0, 0.05) is 137 Å². The monoisotopic (exact) mass is 1680 g/mol. The summed E-state index contributed by atoms with van der Waals surface area (Å²) in [6, 6.07) is 132. The zero-order chi connectivity index (χ0) is 81.0. The van der Waals surface area contributed by atoms with Crippen LogP contribution in [-0.2, 0) is 0 Å². The maximum absolute atomic E-state index is 5.12. The molecule has 578 valence electrons. The predicted octanol–water partition coefficient (Wildman–Crippen LogP) is 30.7. The molecular weight excluding hydrogens is 1620 g/mol. The summed E-state index contributed by atoms with van der Waals surface area (Å²) in [5.41, 5.74) is 19.1. The van der Waals surface area contributed by atoms with Crippen LogP contribution in [0.5, 0.6) is 0 Å². The number of para-hydroxylation sites is 3. The van der Waals surface area contributed by atoms with Gasteiger partial charge < -0.3 is 13.7 Å². The molecule has 13 heterocycles. The van der Waals surface area contributed by atoms with Gasteiger partial charge in [0.05, 0.1) is 67.5 Å². The van der Waals surface area contributed by atoms with Crippen LogP contribution in [0.1, 0.15) is 0 Å². The van der Waals surface area contributed by atoms with Crippen LogP contribution in [0.3, 0.4) is 0 Å². The molecule has 123 heavy (non-hydrogen) atoms. The highest BCUT2D eigenvalue weighted by Crippen LogP contribution is 2.53. The van der Waals surface area contributed by atoms with E-state index in [9.17, 15) is 0 Å². The first kappa shape index (κ1) is 72.4. The minimum Gasteiger partial charge on any atom is -0.301 e. The van der Waals surface area contributed by atoms with Crippen molar-refractivity contribution >= 4 is 190 Å². The zero-order valence-electron chi connectivity index (χ0n) is 65.4. The van der Waals surface area contributed by atoms with Crippen LogP contribution in [0.15, 0.2) is 389 Å². The van der Waals surface area contributed by atoms with Gasteiger partial charge in [0.1, 0.15) is 14.5 Å². The fraction of sp³-hybridized carbons (Fsp3) is 0. The van der Waals surface area contributed by atoms with Crippen molar-refractivity contribution in [1.82, 2.24) is 48.6 Å². The Labute approximate surface area is 728 Å². The van der Waals surface area contributed by atoms with Crippen LogP contribution >= 0.6 is 68.0 Å². The predicted molar refractivity (Wildman–Crippen MR) is 523 cm³/mol. The van der Waals surface area contributed by atoms with E-state index in [2.05, 4.69) is 298 Å². The molecule has 13 aromatic carbocycles. The maximum atomic E-state index is 5.12. The average molecular weight is 1680 g/mol. The van der Waals surface area contributed by atoms with Gasteiger partial charge in [-0.25, -0.2) is 29.9 Å². The van der Waals surface area contributed by atoms with Crippen molar-refractivity contribution in [2.24, 2.45) is 0 Å². The number of hydrogen-bond acceptors (Lipinski definition) is 13. The first-order valence-corrected chi connectivity index (χ1v) is 45.4. The van der Waals surface area contributed by atoms with E-state index in [1.807, 2.05) is 177 Å². The molecule has 0 saturated heterocycles. The lowest BCUT2D eigenvalue weighted by Gasteiger charge is -2.10. The van der Waals surface area contributed by atoms with Gasteiger partial charge in [-0.05, 0) is 127 Å². The summed E-state index contributed by atoms with van der Waals surface area (Å²) in [5.74, 6) is 2.72. The highest BCUT2D eigenvalue weighted by molar-refractivity contribution is 7.38. The molecule has 0 bridgehead atoms. The molecule has 26 aromatic rings. The number of aromatic nitrogens is 10. The Bertz CT molecular complexity index is 8080. The van der Waals surface area contributed by atoms with Crippen LogP contribution in [0.4, 0.5) is 0 Å². The third kappa shape index (κ3) is 12.6. The van der Waals surface area contributed by atoms with Crippen LogP contribution in [0, 0.1) is 0 Å². The van der Waals surface area contributed by atoms with E-state index in [0.29, 0.717) is 17.5 Å². The standard InChI is InChI=1S/C38H23N3S2.C37H22N4S2.C32H19N3S2/c1-4-12-24(13-5-1)30-23-31(40-37(39-30)25-14-6-2-7-15-25)26-20-21-32-29(22-26)34-36-35(28-18-10-11-19-33(28)42-36)43-38(34)41(32)27-16-8-3-9-17-27;1-4-12-23(13-5-1)34-38-35(24-14-6-2-7-15-24)40-36(39-34)25-20-21-29-28(22-25)31-33-32(27-18-10-11-19-30(27)42-33)43-37(31)41(29)26-16-8-3-9-17-26;1-2-7-22(8-3-1)35-27-14-13-21(26-11-6-10-25(34-26)20-15-17-33-18-16-20)19-24(27)29-31-30(37-32(29)35)23-9-4-5-12-28(23)36-31/h1-23H;1-22H;1-19H. The Morgan fingerprint density at radius 1 is 0.187 bits per heavy atom. The van der Waals surface area contributed by atoms with E-state index in [-0.39, 0.29) is 0 Å². The lowest BCUT2D eigenvalue weighted by Crippen LogP contribution is -2.00. The number of benzene rings is 13. The largest absolute Gasteiger partial charge is 0.301 e. The number of hydrogen-bond donors (Lipinski definition) is 0. The molecule has 13 aromatic heterocycles. The van der Waals surface area contributed by atoms with Gasteiger partial charge in [0.15, 0.2) is 23.3 Å². The number of nitrogens with zero attached hydrogens (tertiary/aromatic N) is 10. The van der Waals surface area contributed by atoms with Crippen LogP contribution < -0.4 is 0 Å². The van der Waals surface area contributed by atoms with Crippen molar-refractivity contribution in [3.8, 4) is 108 Å². The second-order valence-corrected chi connectivity index (χ2v) is 36.4. The Morgan fingerprint density at radius 3 is 0.886 bits per heavy atom. The first-order valence-electron chi connectivity index (χ1n) is 40.5. The third-order valence-electron chi connectivity index (χ3n) is 22.8. The second-order valence-electron chi connectivity index (χ2n) is 30.2. The molecule has 0 saturated carbocycles. The van der Waals surface area contributed by atoms with Crippen molar-refractivity contribution in [3.05, 3.63) is 389 Å². The van der Waals surface area contributed by atoms with E-state index < -0.39 is 0 Å². The highest BCUT2D eigenvalue weighted by Gasteiger charge is 2.27. The average Bonchev–Trinajstić information content (AvgIpc) is 1.56. The van der Waals surface area contributed by atoms with Crippen molar-refractivity contribution < 1.29 is 0 Å². The second kappa shape index (κ2) is 30.3. The topological polar surface area (TPSA) is 105 Å². The Balaban J connectivity index is 0.000000104. The van der Waals surface area contributed by atoms with E-state index in [1.165, 1.54) is 133 Å². The highest BCUT2D eigenvalue weighted by atomic mass is 32.1. The van der Waals surface area contributed by atoms with E-state index in [0.717, 1.165) is 78.8 Å². The number of thiophene rings is 6. The molecule has 0 fully saturated rings. The van der Waals surface area contributed by atoms with Gasteiger partial charge in [-0.1, -0.05) is 249 Å². The molecule has 0 radical (unpaired) electrons. The van der Waals surface area contributed by atoms with E-state index in [4.69, 9.17) is 29.9 Å². The molecule has 0 N–H and O–H groups in total. The minimum atomic E-state index is 0.665. The first-order chi connectivity index (χ1) is 61.0. The van der Waals surface area contributed by atoms with Gasteiger partial charge >= 0.3 is 0 Å². The molecule has 0 aliphatic rings. The lowest BCUT2D eigenvalue weighted by molar-refractivity contribution is 1.07. The van der Waals surface area contributed by atoms with E-state index in [1.54, 1.807) is 0 Å². The molecule has 16 heteroatoms. The van der Waals surface area contributed by atoms with Gasteiger partial charge in [0.25, 0.3) is 0 Å². The SMILES string of the molecule is c1ccc(-c2cc(-c3ccc4c(c3)c3c5sc6ccccc6c5sc3n4-c3ccccc3)nc(-c3ccccc3)n2)cc1.c1ccc(-c2nc(-c3ccccc3)nc(-c3ccc4c(c3)c3c5sc6ccccc6c5sc3n4-c3ccccc3)n2)cc1.c1ccc(-n2c3ccc(-c4cccc(-c5ccncc5)n4)cc3c3c4sc5ccccc5c4sc32)cc1. The Kier molecular flexibility index (Phi) is 17.8. The van der Waals surface area contributed by atoms with E-state index >= 15 is 0 Å². The fourth-order valence-corrected chi connectivity index (χ4v) is 25.6. The maximum Gasteiger partial charge on any atom is 0.164 e. The van der Waals surface area contributed by atoms with Crippen molar-refractivity contribution in [2.45, 2.75) is 0 Å². The molecule has 0 spiro atoms. The van der Waals surface area contributed by atoms with Gasteiger partial charge in [-0.3, -0.25) is 4.98 Å². The van der Waals surface area contributed by atoms with Gasteiger partial charge in [-0.2, -0.15) is 0 Å². The number of fused-ring (bicyclic) bond motifs is 21. The smallest absolute Gasteiger partial charge is 0.164 e. The van der Waals surface area contributed by atoms with Crippen molar-refractivity contribution in [2.75, 3.05) is 0 Å².